The SMILES string of the molecule is Cc1cc(C(=O)[O-])cc(S(=O)(=O)Nc2c(C)nn(C)c2C)c1C. The van der Waals surface area contributed by atoms with E-state index < -0.39 is 16.0 Å². The van der Waals surface area contributed by atoms with Crippen molar-refractivity contribution in [2.75, 3.05) is 4.72 Å². The maximum atomic E-state index is 12.7. The average molecular weight is 336 g/mol. The molecule has 8 heteroatoms. The van der Waals surface area contributed by atoms with E-state index in [1.165, 1.54) is 6.07 Å². The monoisotopic (exact) mass is 336 g/mol. The second-order valence-electron chi connectivity index (χ2n) is 5.48. The fraction of sp³-hybridized carbons (Fsp3) is 0.333. The van der Waals surface area contributed by atoms with Gasteiger partial charge in [0.2, 0.25) is 0 Å². The summed E-state index contributed by atoms with van der Waals surface area (Å²) in [6, 6.07) is 2.51. The van der Waals surface area contributed by atoms with Gasteiger partial charge in [-0.1, -0.05) is 0 Å². The van der Waals surface area contributed by atoms with E-state index in [1.54, 1.807) is 39.4 Å². The second-order valence-corrected chi connectivity index (χ2v) is 7.13. The number of hydrogen-bond donors (Lipinski definition) is 1. The number of anilines is 1. The Morgan fingerprint density at radius 2 is 1.83 bits per heavy atom. The van der Waals surface area contributed by atoms with Crippen LogP contribution in [0.1, 0.15) is 32.9 Å². The fourth-order valence-electron chi connectivity index (χ4n) is 2.33. The van der Waals surface area contributed by atoms with Gasteiger partial charge in [-0.15, -0.1) is 0 Å². The molecule has 0 saturated heterocycles. The highest BCUT2D eigenvalue weighted by Crippen LogP contribution is 2.26. The molecule has 23 heavy (non-hydrogen) atoms. The third-order valence-electron chi connectivity index (χ3n) is 3.89. The van der Waals surface area contributed by atoms with Gasteiger partial charge < -0.3 is 9.90 Å². The van der Waals surface area contributed by atoms with Gasteiger partial charge in [0, 0.05) is 7.05 Å². The molecule has 1 heterocycles. The predicted octanol–water partition coefficient (Wildman–Crippen LogP) is 0.818. The number of nitrogens with one attached hydrogen (secondary N) is 1. The highest BCUT2D eigenvalue weighted by Gasteiger charge is 2.22. The Labute approximate surface area is 135 Å². The van der Waals surface area contributed by atoms with Gasteiger partial charge in [0.15, 0.2) is 0 Å². The minimum Gasteiger partial charge on any atom is -0.545 e. The molecule has 0 aliphatic rings. The van der Waals surface area contributed by atoms with Crippen LogP contribution in [0.3, 0.4) is 0 Å². The summed E-state index contributed by atoms with van der Waals surface area (Å²) >= 11 is 0. The minimum atomic E-state index is -3.95. The zero-order valence-electron chi connectivity index (χ0n) is 13.6. The van der Waals surface area contributed by atoms with E-state index in [0.29, 0.717) is 28.2 Å². The van der Waals surface area contributed by atoms with E-state index in [2.05, 4.69) is 9.82 Å². The highest BCUT2D eigenvalue weighted by molar-refractivity contribution is 7.92. The molecular formula is C15H18N3O4S-. The van der Waals surface area contributed by atoms with Crippen molar-refractivity contribution in [2.24, 2.45) is 7.05 Å². The summed E-state index contributed by atoms with van der Waals surface area (Å²) in [5, 5.41) is 15.2. The molecule has 0 bridgehead atoms. The van der Waals surface area contributed by atoms with Crippen molar-refractivity contribution >= 4 is 21.7 Å². The van der Waals surface area contributed by atoms with Crippen molar-refractivity contribution in [3.05, 3.63) is 40.2 Å². The van der Waals surface area contributed by atoms with E-state index in [9.17, 15) is 18.3 Å². The van der Waals surface area contributed by atoms with Crippen molar-refractivity contribution in [1.82, 2.24) is 9.78 Å². The molecule has 1 N–H and O–H groups in total. The van der Waals surface area contributed by atoms with Crippen molar-refractivity contribution < 1.29 is 18.3 Å². The van der Waals surface area contributed by atoms with Crippen LogP contribution in [-0.4, -0.2) is 24.2 Å². The third-order valence-corrected chi connectivity index (χ3v) is 5.37. The van der Waals surface area contributed by atoms with E-state index in [0.717, 1.165) is 6.07 Å². The fourth-order valence-corrected chi connectivity index (χ4v) is 3.85. The van der Waals surface area contributed by atoms with E-state index >= 15 is 0 Å². The first-order chi connectivity index (χ1) is 10.5. The molecule has 0 spiro atoms. The number of carbonyl (C=O) groups is 1. The normalized spacial score (nSPS) is 11.5. The molecule has 124 valence electrons. The number of aryl methyl sites for hydroxylation is 3. The van der Waals surface area contributed by atoms with Crippen molar-refractivity contribution in [3.8, 4) is 0 Å². The van der Waals surface area contributed by atoms with Gasteiger partial charge in [-0.2, -0.15) is 5.10 Å². The number of hydrogen-bond acceptors (Lipinski definition) is 5. The molecule has 1 aromatic heterocycles. The summed E-state index contributed by atoms with van der Waals surface area (Å²) in [6.07, 6.45) is 0. The number of carboxylic acids is 1. The Bertz CT molecular complexity index is 898. The van der Waals surface area contributed by atoms with Crippen LogP contribution in [-0.2, 0) is 17.1 Å². The largest absolute Gasteiger partial charge is 0.545 e. The topological polar surface area (TPSA) is 104 Å². The molecule has 0 fully saturated rings. The van der Waals surface area contributed by atoms with Crippen LogP contribution in [0.4, 0.5) is 5.69 Å². The summed E-state index contributed by atoms with van der Waals surface area (Å²) in [7, 11) is -2.23. The molecule has 2 rings (SSSR count). The number of carbonyl (C=O) groups excluding carboxylic acids is 1. The van der Waals surface area contributed by atoms with E-state index in [1.807, 2.05) is 0 Å². The van der Waals surface area contributed by atoms with Gasteiger partial charge in [-0.05, 0) is 56.5 Å². The van der Waals surface area contributed by atoms with Gasteiger partial charge in [-0.25, -0.2) is 8.42 Å². The maximum absolute atomic E-state index is 12.7. The Kier molecular flexibility index (Phi) is 4.21. The number of benzene rings is 1. The van der Waals surface area contributed by atoms with Gasteiger partial charge in [-0.3, -0.25) is 9.40 Å². The first kappa shape index (κ1) is 17.0. The van der Waals surface area contributed by atoms with Crippen molar-refractivity contribution in [1.29, 1.82) is 0 Å². The first-order valence-corrected chi connectivity index (χ1v) is 8.38. The zero-order valence-corrected chi connectivity index (χ0v) is 14.4. The van der Waals surface area contributed by atoms with Crippen molar-refractivity contribution in [2.45, 2.75) is 32.6 Å². The van der Waals surface area contributed by atoms with Crippen molar-refractivity contribution in [3.63, 3.8) is 0 Å². The molecule has 2 aromatic rings. The summed E-state index contributed by atoms with van der Waals surface area (Å²) in [6.45, 7) is 6.72. The zero-order chi connectivity index (χ0) is 17.5. The Morgan fingerprint density at radius 1 is 1.22 bits per heavy atom. The lowest BCUT2D eigenvalue weighted by Gasteiger charge is -2.15. The summed E-state index contributed by atoms with van der Waals surface area (Å²) in [4.78, 5) is 11.0. The first-order valence-electron chi connectivity index (χ1n) is 6.90. The average Bonchev–Trinajstić information content (AvgIpc) is 2.67. The van der Waals surface area contributed by atoms with Crippen LogP contribution >= 0.6 is 0 Å². The van der Waals surface area contributed by atoms with Crippen LogP contribution in [0.25, 0.3) is 0 Å². The minimum absolute atomic E-state index is 0.0839. The maximum Gasteiger partial charge on any atom is 0.262 e. The van der Waals surface area contributed by atoms with Gasteiger partial charge in [0.1, 0.15) is 0 Å². The molecule has 0 unspecified atom stereocenters. The van der Waals surface area contributed by atoms with Gasteiger partial charge >= 0.3 is 0 Å². The standard InChI is InChI=1S/C15H19N3O4S/c1-8-6-12(15(19)20)7-13(9(8)2)23(21,22)17-14-10(3)16-18(5)11(14)4/h6-7,17H,1-5H3,(H,19,20)/p-1. The molecule has 0 atom stereocenters. The number of nitrogens with zero attached hydrogens (tertiary/aromatic N) is 2. The Balaban J connectivity index is 2.58. The summed E-state index contributed by atoms with van der Waals surface area (Å²) in [5.41, 5.74) is 2.47. The molecule has 0 aliphatic carbocycles. The lowest BCUT2D eigenvalue weighted by molar-refractivity contribution is -0.255. The number of aromatic nitrogens is 2. The smallest absolute Gasteiger partial charge is 0.262 e. The van der Waals surface area contributed by atoms with Gasteiger partial charge in [0.05, 0.1) is 27.9 Å². The number of sulfonamides is 1. The lowest BCUT2D eigenvalue weighted by atomic mass is 10.1. The molecular weight excluding hydrogens is 318 g/mol. The molecule has 0 amide bonds. The van der Waals surface area contributed by atoms with E-state index in [4.69, 9.17) is 0 Å². The third kappa shape index (κ3) is 3.07. The quantitative estimate of drug-likeness (QED) is 0.890. The molecule has 0 saturated carbocycles. The van der Waals surface area contributed by atoms with Gasteiger partial charge in [0.25, 0.3) is 10.0 Å². The van der Waals surface area contributed by atoms with Crippen LogP contribution in [0.5, 0.6) is 0 Å². The second kappa shape index (κ2) is 5.69. The van der Waals surface area contributed by atoms with E-state index in [-0.39, 0.29) is 10.5 Å². The predicted molar refractivity (Wildman–Crippen MR) is 83.7 cm³/mol. The Morgan fingerprint density at radius 3 is 2.30 bits per heavy atom. The molecule has 1 aromatic carbocycles. The van der Waals surface area contributed by atoms with Crippen LogP contribution in [0.2, 0.25) is 0 Å². The summed E-state index contributed by atoms with van der Waals surface area (Å²) in [5.74, 6) is -1.42. The summed E-state index contributed by atoms with van der Waals surface area (Å²) < 4.78 is 29.5. The number of rotatable bonds is 4. The number of carboxylic acid groups (broad SMARTS) is 1. The molecule has 7 nitrogen and oxygen atoms in total. The van der Waals surface area contributed by atoms with Crippen LogP contribution in [0.15, 0.2) is 17.0 Å². The molecule has 0 aliphatic heterocycles. The number of aromatic carboxylic acids is 1. The van der Waals surface area contributed by atoms with Crippen LogP contribution < -0.4 is 9.83 Å². The Hall–Kier alpha value is -2.35. The highest BCUT2D eigenvalue weighted by atomic mass is 32.2. The van der Waals surface area contributed by atoms with Crippen LogP contribution in [0, 0.1) is 27.7 Å². The molecule has 0 radical (unpaired) electrons. The lowest BCUT2D eigenvalue weighted by Crippen LogP contribution is -2.24.